The summed E-state index contributed by atoms with van der Waals surface area (Å²) in [7, 11) is -3.79. The zero-order valence-corrected chi connectivity index (χ0v) is 14.2. The molecule has 120 valence electrons. The first-order chi connectivity index (χ1) is 9.41. The molecular formula is C15H25NO4S. The second kappa shape index (κ2) is 6.44. The van der Waals surface area contributed by atoms with E-state index in [-0.39, 0.29) is 4.90 Å². The molecule has 1 rings (SSSR count). The van der Waals surface area contributed by atoms with Gasteiger partial charge in [-0.2, -0.15) is 8.42 Å². The van der Waals surface area contributed by atoms with Gasteiger partial charge in [0.15, 0.2) is 0 Å². The Labute approximate surface area is 127 Å². The van der Waals surface area contributed by atoms with Crippen LogP contribution in [0.1, 0.15) is 39.7 Å². The maximum atomic E-state index is 12.2. The number of nitrogens with two attached hydrogens (primary N) is 1. The van der Waals surface area contributed by atoms with Crippen molar-refractivity contribution in [2.75, 3.05) is 6.61 Å². The topological polar surface area (TPSA) is 78.6 Å². The van der Waals surface area contributed by atoms with Crippen LogP contribution in [0.4, 0.5) is 0 Å². The molecule has 21 heavy (non-hydrogen) atoms. The van der Waals surface area contributed by atoms with Crippen LogP contribution in [0.2, 0.25) is 0 Å². The SMILES string of the molecule is Cc1ccc(S(=O)(=O)OC(C)(C)CCOC(C)(C)N)cc1. The number of benzene rings is 1. The van der Waals surface area contributed by atoms with Crippen molar-refractivity contribution < 1.29 is 17.3 Å². The molecule has 0 saturated carbocycles. The Hall–Kier alpha value is -0.950. The first kappa shape index (κ1) is 18.1. The van der Waals surface area contributed by atoms with Crippen LogP contribution >= 0.6 is 0 Å². The Morgan fingerprint density at radius 3 is 2.10 bits per heavy atom. The van der Waals surface area contributed by atoms with Crippen molar-refractivity contribution in [3.8, 4) is 0 Å². The average Bonchev–Trinajstić information content (AvgIpc) is 2.25. The minimum Gasteiger partial charge on any atom is -0.361 e. The van der Waals surface area contributed by atoms with Gasteiger partial charge in [-0.05, 0) is 46.8 Å². The molecule has 0 heterocycles. The third-order valence-electron chi connectivity index (χ3n) is 2.82. The fourth-order valence-electron chi connectivity index (χ4n) is 1.65. The van der Waals surface area contributed by atoms with Gasteiger partial charge in [0.05, 0.1) is 17.1 Å². The van der Waals surface area contributed by atoms with Gasteiger partial charge < -0.3 is 10.5 Å². The van der Waals surface area contributed by atoms with E-state index in [0.717, 1.165) is 5.56 Å². The van der Waals surface area contributed by atoms with Gasteiger partial charge in [-0.1, -0.05) is 17.7 Å². The zero-order valence-electron chi connectivity index (χ0n) is 13.3. The highest BCUT2D eigenvalue weighted by Crippen LogP contribution is 2.23. The lowest BCUT2D eigenvalue weighted by atomic mass is 10.1. The van der Waals surface area contributed by atoms with Crippen molar-refractivity contribution in [3.63, 3.8) is 0 Å². The van der Waals surface area contributed by atoms with Crippen molar-refractivity contribution >= 4 is 10.1 Å². The molecule has 5 nitrogen and oxygen atoms in total. The molecule has 0 saturated heterocycles. The van der Waals surface area contributed by atoms with E-state index in [1.807, 2.05) is 6.92 Å². The predicted octanol–water partition coefficient (Wildman–Crippen LogP) is 2.58. The molecule has 0 aromatic heterocycles. The normalized spacial score (nSPS) is 13.4. The maximum Gasteiger partial charge on any atom is 0.297 e. The van der Waals surface area contributed by atoms with E-state index in [1.165, 1.54) is 0 Å². The Bertz CT molecular complexity index is 556. The molecule has 0 radical (unpaired) electrons. The molecule has 0 unspecified atom stereocenters. The van der Waals surface area contributed by atoms with Crippen molar-refractivity contribution in [3.05, 3.63) is 29.8 Å². The van der Waals surface area contributed by atoms with Crippen LogP contribution < -0.4 is 5.73 Å². The fourth-order valence-corrected chi connectivity index (χ4v) is 2.89. The van der Waals surface area contributed by atoms with Crippen LogP contribution in [0, 0.1) is 6.92 Å². The third-order valence-corrected chi connectivity index (χ3v) is 4.34. The largest absolute Gasteiger partial charge is 0.361 e. The summed E-state index contributed by atoms with van der Waals surface area (Å²) in [5, 5.41) is 0. The Kier molecular flexibility index (Phi) is 5.55. The van der Waals surface area contributed by atoms with Gasteiger partial charge in [-0.3, -0.25) is 4.18 Å². The molecule has 0 aliphatic heterocycles. The molecule has 0 aliphatic carbocycles. The van der Waals surface area contributed by atoms with Crippen molar-refractivity contribution in [1.29, 1.82) is 0 Å². The van der Waals surface area contributed by atoms with E-state index in [2.05, 4.69) is 0 Å². The van der Waals surface area contributed by atoms with E-state index in [9.17, 15) is 8.42 Å². The van der Waals surface area contributed by atoms with Crippen LogP contribution in [0.25, 0.3) is 0 Å². The molecule has 1 aromatic rings. The van der Waals surface area contributed by atoms with E-state index in [4.69, 9.17) is 14.7 Å². The minimum atomic E-state index is -3.79. The van der Waals surface area contributed by atoms with Crippen molar-refractivity contribution in [2.45, 2.75) is 57.3 Å². The maximum absolute atomic E-state index is 12.2. The summed E-state index contributed by atoms with van der Waals surface area (Å²) in [6.07, 6.45) is 0.415. The molecular weight excluding hydrogens is 290 g/mol. The molecule has 0 spiro atoms. The summed E-state index contributed by atoms with van der Waals surface area (Å²) in [6.45, 7) is 9.12. The summed E-state index contributed by atoms with van der Waals surface area (Å²) in [5.41, 5.74) is 5.10. The minimum absolute atomic E-state index is 0.154. The van der Waals surface area contributed by atoms with Crippen molar-refractivity contribution in [2.24, 2.45) is 5.73 Å². The molecule has 0 amide bonds. The van der Waals surface area contributed by atoms with Crippen LogP contribution in [0.3, 0.4) is 0 Å². The quantitative estimate of drug-likeness (QED) is 0.618. The fraction of sp³-hybridized carbons (Fsp3) is 0.600. The van der Waals surface area contributed by atoms with E-state index in [1.54, 1.807) is 52.0 Å². The number of hydrogen-bond acceptors (Lipinski definition) is 5. The predicted molar refractivity (Wildman–Crippen MR) is 82.4 cm³/mol. The molecule has 6 heteroatoms. The van der Waals surface area contributed by atoms with Gasteiger partial charge in [-0.15, -0.1) is 0 Å². The Morgan fingerprint density at radius 1 is 1.10 bits per heavy atom. The highest BCUT2D eigenvalue weighted by molar-refractivity contribution is 7.86. The van der Waals surface area contributed by atoms with Crippen LogP contribution in [-0.2, 0) is 19.0 Å². The highest BCUT2D eigenvalue weighted by Gasteiger charge is 2.28. The molecule has 0 bridgehead atoms. The third kappa shape index (κ3) is 6.56. The van der Waals surface area contributed by atoms with E-state index < -0.39 is 21.4 Å². The van der Waals surface area contributed by atoms with E-state index in [0.29, 0.717) is 13.0 Å². The van der Waals surface area contributed by atoms with Gasteiger partial charge in [0.25, 0.3) is 10.1 Å². The summed E-state index contributed by atoms with van der Waals surface area (Å²) in [6, 6.07) is 6.56. The lowest BCUT2D eigenvalue weighted by Crippen LogP contribution is -2.38. The average molecular weight is 315 g/mol. The number of hydrogen-bond donors (Lipinski definition) is 1. The standard InChI is InChI=1S/C15H25NO4S/c1-12-6-8-13(9-7-12)21(17,18)20-14(2,3)10-11-19-15(4,5)16/h6-9H,10-11,16H2,1-5H3. The number of aryl methyl sites for hydroxylation is 1. The summed E-state index contributed by atoms with van der Waals surface area (Å²) >= 11 is 0. The van der Waals surface area contributed by atoms with Gasteiger partial charge in [0, 0.05) is 6.42 Å². The van der Waals surface area contributed by atoms with Gasteiger partial charge in [0.2, 0.25) is 0 Å². The smallest absolute Gasteiger partial charge is 0.297 e. The molecule has 2 N–H and O–H groups in total. The molecule has 0 atom stereocenters. The summed E-state index contributed by atoms with van der Waals surface area (Å²) in [4.78, 5) is 0.154. The summed E-state index contributed by atoms with van der Waals surface area (Å²) in [5.74, 6) is 0. The van der Waals surface area contributed by atoms with Gasteiger partial charge in [-0.25, -0.2) is 0 Å². The summed E-state index contributed by atoms with van der Waals surface area (Å²) < 4.78 is 35.2. The van der Waals surface area contributed by atoms with Crippen LogP contribution in [0.15, 0.2) is 29.2 Å². The number of ether oxygens (including phenoxy) is 1. The molecule has 1 aromatic carbocycles. The first-order valence-electron chi connectivity index (χ1n) is 6.86. The zero-order chi connectivity index (χ0) is 16.3. The van der Waals surface area contributed by atoms with Gasteiger partial charge >= 0.3 is 0 Å². The lowest BCUT2D eigenvalue weighted by Gasteiger charge is -2.27. The second-order valence-electron chi connectivity index (χ2n) is 6.31. The lowest BCUT2D eigenvalue weighted by molar-refractivity contribution is -0.0353. The van der Waals surface area contributed by atoms with Gasteiger partial charge in [0.1, 0.15) is 5.72 Å². The monoisotopic (exact) mass is 315 g/mol. The van der Waals surface area contributed by atoms with Crippen LogP contribution in [-0.4, -0.2) is 26.4 Å². The van der Waals surface area contributed by atoms with E-state index >= 15 is 0 Å². The molecule has 0 aliphatic rings. The molecule has 0 fully saturated rings. The first-order valence-corrected chi connectivity index (χ1v) is 8.27. The number of rotatable bonds is 7. The highest BCUT2D eigenvalue weighted by atomic mass is 32.2. The van der Waals surface area contributed by atoms with Crippen LogP contribution in [0.5, 0.6) is 0 Å². The second-order valence-corrected chi connectivity index (χ2v) is 7.86. The van der Waals surface area contributed by atoms with Crippen molar-refractivity contribution in [1.82, 2.24) is 0 Å². The Balaban J connectivity index is 2.71. The Morgan fingerprint density at radius 2 is 1.62 bits per heavy atom.